The van der Waals surface area contributed by atoms with E-state index in [1.54, 1.807) is 4.31 Å². The molecule has 1 N–H and O–H groups in total. The van der Waals surface area contributed by atoms with Crippen LogP contribution in [0.2, 0.25) is 0 Å². The van der Waals surface area contributed by atoms with Crippen molar-refractivity contribution in [3.63, 3.8) is 0 Å². The Morgan fingerprint density at radius 3 is 2.65 bits per heavy atom. The molecule has 1 aliphatic carbocycles. The third-order valence-electron chi connectivity index (χ3n) is 4.76. The molecule has 3 rings (SSSR count). The van der Waals surface area contributed by atoms with Crippen molar-refractivity contribution >= 4 is 10.0 Å². The number of sulfonamides is 1. The fourth-order valence-corrected chi connectivity index (χ4v) is 5.64. The number of aryl methyl sites for hydroxylation is 1. The van der Waals surface area contributed by atoms with Gasteiger partial charge in [0.25, 0.3) is 0 Å². The summed E-state index contributed by atoms with van der Waals surface area (Å²) in [4.78, 5) is 0. The third kappa shape index (κ3) is 2.51. The molecule has 20 heavy (non-hydrogen) atoms. The Morgan fingerprint density at radius 2 is 2.00 bits per heavy atom. The predicted molar refractivity (Wildman–Crippen MR) is 78.0 cm³/mol. The first-order valence-corrected chi connectivity index (χ1v) is 9.08. The number of aromatic nitrogens is 2. The molecule has 1 aromatic rings. The van der Waals surface area contributed by atoms with E-state index in [9.17, 15) is 8.42 Å². The molecule has 1 aliphatic heterocycles. The Kier molecular flexibility index (Phi) is 3.86. The van der Waals surface area contributed by atoms with Crippen molar-refractivity contribution in [2.45, 2.75) is 56.6 Å². The van der Waals surface area contributed by atoms with Crippen molar-refractivity contribution in [2.75, 3.05) is 13.1 Å². The molecule has 0 aromatic carbocycles. The maximum Gasteiger partial charge on any atom is 0.217 e. The molecule has 0 radical (unpaired) electrons. The maximum absolute atomic E-state index is 12.7. The monoisotopic (exact) mass is 297 g/mol. The van der Waals surface area contributed by atoms with Gasteiger partial charge in [0.15, 0.2) is 0 Å². The molecular formula is C14H23N3O2S. The van der Waals surface area contributed by atoms with E-state index in [2.05, 4.69) is 10.2 Å². The number of nitrogens with zero attached hydrogens (tertiary/aromatic N) is 2. The molecule has 0 bridgehead atoms. The van der Waals surface area contributed by atoms with Gasteiger partial charge in [0.2, 0.25) is 10.0 Å². The van der Waals surface area contributed by atoms with Crippen molar-refractivity contribution < 1.29 is 8.42 Å². The number of hydrogen-bond acceptors (Lipinski definition) is 3. The standard InChI is InChI=1S/C14H23N3O2S/c1-11-9-15-16-14(11)12-7-8-17(10-12)20(18,19)13-5-3-2-4-6-13/h9,12-13H,2-8,10H2,1H3,(H,15,16). The largest absolute Gasteiger partial charge is 0.282 e. The minimum atomic E-state index is -3.10. The molecule has 1 aromatic heterocycles. The number of hydrogen-bond donors (Lipinski definition) is 1. The molecule has 5 nitrogen and oxygen atoms in total. The van der Waals surface area contributed by atoms with Gasteiger partial charge in [-0.3, -0.25) is 5.10 Å². The van der Waals surface area contributed by atoms with Crippen LogP contribution in [0.5, 0.6) is 0 Å². The van der Waals surface area contributed by atoms with E-state index in [-0.39, 0.29) is 11.2 Å². The first-order chi connectivity index (χ1) is 9.59. The number of H-pyrrole nitrogens is 1. The van der Waals surface area contributed by atoms with Crippen molar-refractivity contribution in [3.05, 3.63) is 17.5 Å². The lowest BCUT2D eigenvalue weighted by Crippen LogP contribution is -2.38. The van der Waals surface area contributed by atoms with Gasteiger partial charge in [0.05, 0.1) is 11.4 Å². The van der Waals surface area contributed by atoms with E-state index in [1.807, 2.05) is 13.1 Å². The highest BCUT2D eigenvalue weighted by Gasteiger charge is 2.38. The van der Waals surface area contributed by atoms with Gasteiger partial charge in [0, 0.05) is 24.7 Å². The maximum atomic E-state index is 12.7. The summed E-state index contributed by atoms with van der Waals surface area (Å²) in [6.45, 7) is 3.29. The van der Waals surface area contributed by atoms with Crippen molar-refractivity contribution in [1.29, 1.82) is 0 Å². The molecule has 1 saturated carbocycles. The first kappa shape index (κ1) is 14.1. The van der Waals surface area contributed by atoms with Gasteiger partial charge in [-0.05, 0) is 31.7 Å². The van der Waals surface area contributed by atoms with Crippen LogP contribution in [-0.2, 0) is 10.0 Å². The molecule has 0 spiro atoms. The SMILES string of the molecule is Cc1cn[nH]c1C1CCN(S(=O)(=O)C2CCCCC2)C1. The second-order valence-corrected chi connectivity index (χ2v) is 8.33. The van der Waals surface area contributed by atoms with Crippen LogP contribution >= 0.6 is 0 Å². The van der Waals surface area contributed by atoms with Gasteiger partial charge in [-0.2, -0.15) is 5.10 Å². The van der Waals surface area contributed by atoms with E-state index >= 15 is 0 Å². The minimum absolute atomic E-state index is 0.141. The highest BCUT2D eigenvalue weighted by Crippen LogP contribution is 2.33. The van der Waals surface area contributed by atoms with Gasteiger partial charge in [-0.25, -0.2) is 12.7 Å². The molecule has 1 atom stereocenters. The number of rotatable bonds is 3. The highest BCUT2D eigenvalue weighted by molar-refractivity contribution is 7.89. The molecule has 6 heteroatoms. The predicted octanol–water partition coefficient (Wildman–Crippen LogP) is 2.17. The van der Waals surface area contributed by atoms with Crippen molar-refractivity contribution in [2.24, 2.45) is 0 Å². The van der Waals surface area contributed by atoms with Crippen LogP contribution in [0.25, 0.3) is 0 Å². The van der Waals surface area contributed by atoms with Gasteiger partial charge in [-0.1, -0.05) is 19.3 Å². The zero-order chi connectivity index (χ0) is 14.2. The van der Waals surface area contributed by atoms with Crippen LogP contribution in [0.3, 0.4) is 0 Å². The van der Waals surface area contributed by atoms with Crippen molar-refractivity contribution in [1.82, 2.24) is 14.5 Å². The van der Waals surface area contributed by atoms with Crippen LogP contribution < -0.4 is 0 Å². The number of nitrogens with one attached hydrogen (secondary N) is 1. The Balaban J connectivity index is 1.71. The summed E-state index contributed by atoms with van der Waals surface area (Å²) >= 11 is 0. The minimum Gasteiger partial charge on any atom is -0.282 e. The molecule has 1 unspecified atom stereocenters. The highest BCUT2D eigenvalue weighted by atomic mass is 32.2. The van der Waals surface area contributed by atoms with E-state index in [4.69, 9.17) is 0 Å². The third-order valence-corrected chi connectivity index (χ3v) is 7.13. The molecule has 2 heterocycles. The lowest BCUT2D eigenvalue weighted by atomic mass is 10.0. The van der Waals surface area contributed by atoms with Gasteiger partial charge in [0.1, 0.15) is 0 Å². The van der Waals surface area contributed by atoms with Crippen LogP contribution in [-0.4, -0.2) is 41.3 Å². The normalized spacial score (nSPS) is 26.1. The molecule has 1 saturated heterocycles. The lowest BCUT2D eigenvalue weighted by Gasteiger charge is -2.27. The summed E-state index contributed by atoms with van der Waals surface area (Å²) < 4.78 is 27.1. The Bertz CT molecular complexity index is 561. The second kappa shape index (κ2) is 5.48. The van der Waals surface area contributed by atoms with Crippen LogP contribution in [0, 0.1) is 6.92 Å². The van der Waals surface area contributed by atoms with Crippen LogP contribution in [0.1, 0.15) is 55.7 Å². The molecule has 0 amide bonds. The molecule has 112 valence electrons. The number of aromatic amines is 1. The summed E-state index contributed by atoms with van der Waals surface area (Å²) in [6, 6.07) is 0. The molecule has 2 fully saturated rings. The zero-order valence-corrected chi connectivity index (χ0v) is 12.8. The zero-order valence-electron chi connectivity index (χ0n) is 12.0. The van der Waals surface area contributed by atoms with Gasteiger partial charge < -0.3 is 0 Å². The van der Waals surface area contributed by atoms with E-state index in [0.717, 1.165) is 43.4 Å². The topological polar surface area (TPSA) is 66.1 Å². The fraction of sp³-hybridized carbons (Fsp3) is 0.786. The second-order valence-electron chi connectivity index (χ2n) is 6.12. The van der Waals surface area contributed by atoms with Gasteiger partial charge in [-0.15, -0.1) is 0 Å². The molecular weight excluding hydrogens is 274 g/mol. The first-order valence-electron chi connectivity index (χ1n) is 7.58. The summed E-state index contributed by atoms with van der Waals surface area (Å²) in [5.41, 5.74) is 2.23. The molecule has 2 aliphatic rings. The Morgan fingerprint density at radius 1 is 1.25 bits per heavy atom. The summed E-state index contributed by atoms with van der Waals surface area (Å²) in [6.07, 6.45) is 7.69. The average molecular weight is 297 g/mol. The lowest BCUT2D eigenvalue weighted by molar-refractivity contribution is 0.426. The Labute approximate surface area is 120 Å². The Hall–Kier alpha value is -0.880. The smallest absolute Gasteiger partial charge is 0.217 e. The fourth-order valence-electron chi connectivity index (χ4n) is 3.54. The summed E-state index contributed by atoms with van der Waals surface area (Å²) in [5, 5.41) is 6.94. The summed E-state index contributed by atoms with van der Waals surface area (Å²) in [7, 11) is -3.10. The summed E-state index contributed by atoms with van der Waals surface area (Å²) in [5.74, 6) is 0.274. The van der Waals surface area contributed by atoms with Crippen LogP contribution in [0.4, 0.5) is 0 Å². The average Bonchev–Trinajstić information content (AvgIpc) is 3.08. The van der Waals surface area contributed by atoms with Gasteiger partial charge >= 0.3 is 0 Å². The van der Waals surface area contributed by atoms with E-state index in [1.165, 1.54) is 6.42 Å². The van der Waals surface area contributed by atoms with E-state index in [0.29, 0.717) is 13.1 Å². The van der Waals surface area contributed by atoms with E-state index < -0.39 is 10.0 Å². The quantitative estimate of drug-likeness (QED) is 0.930. The van der Waals surface area contributed by atoms with Crippen LogP contribution in [0.15, 0.2) is 6.20 Å². The van der Waals surface area contributed by atoms with Crippen molar-refractivity contribution in [3.8, 4) is 0 Å².